The minimum atomic E-state index is 0.681. The summed E-state index contributed by atoms with van der Waals surface area (Å²) >= 11 is 0. The van der Waals surface area contributed by atoms with Crippen molar-refractivity contribution in [3.8, 4) is 6.07 Å². The van der Waals surface area contributed by atoms with Gasteiger partial charge in [0, 0.05) is 5.57 Å². The molecule has 1 aliphatic rings. The number of hydrogen-bond donors (Lipinski definition) is 0. The van der Waals surface area contributed by atoms with Crippen LogP contribution in [0.15, 0.2) is 23.3 Å². The molecule has 0 aromatic heterocycles. The molecule has 1 heteroatoms. The Morgan fingerprint density at radius 3 is 2.50 bits per heavy atom. The Bertz CT molecular complexity index is 360. The zero-order chi connectivity index (χ0) is 14.8. The largest absolute Gasteiger partial charge is 0.193 e. The van der Waals surface area contributed by atoms with E-state index in [4.69, 9.17) is 0 Å². The van der Waals surface area contributed by atoms with E-state index >= 15 is 0 Å². The molecule has 1 unspecified atom stereocenters. The topological polar surface area (TPSA) is 23.8 Å². The minimum Gasteiger partial charge on any atom is -0.193 e. The van der Waals surface area contributed by atoms with E-state index in [2.05, 4.69) is 39.0 Å². The third-order valence-electron chi connectivity index (χ3n) is 4.36. The Labute approximate surface area is 125 Å². The Morgan fingerprint density at radius 2 is 1.90 bits per heavy atom. The quantitative estimate of drug-likeness (QED) is 0.401. The summed E-state index contributed by atoms with van der Waals surface area (Å²) in [5.74, 6) is 1.45. The molecule has 0 saturated heterocycles. The van der Waals surface area contributed by atoms with Gasteiger partial charge >= 0.3 is 0 Å². The Balaban J connectivity index is 2.33. The zero-order valence-corrected chi connectivity index (χ0v) is 13.6. The highest BCUT2D eigenvalue weighted by molar-refractivity contribution is 5.21. The van der Waals surface area contributed by atoms with Crippen LogP contribution in [0, 0.1) is 23.2 Å². The van der Waals surface area contributed by atoms with Crippen LogP contribution in [0.5, 0.6) is 0 Å². The normalized spacial score (nSPS) is 18.4. The van der Waals surface area contributed by atoms with Gasteiger partial charge in [-0.1, -0.05) is 56.8 Å². The Morgan fingerprint density at radius 1 is 1.20 bits per heavy atom. The molecule has 0 amide bonds. The smallest absolute Gasteiger partial charge is 0.0943 e. The van der Waals surface area contributed by atoms with Crippen molar-refractivity contribution >= 4 is 0 Å². The van der Waals surface area contributed by atoms with Crippen molar-refractivity contribution in [2.75, 3.05) is 0 Å². The molecule has 1 fully saturated rings. The third kappa shape index (κ3) is 7.53. The number of allylic oxidation sites excluding steroid dienone is 4. The second-order valence-electron chi connectivity index (χ2n) is 6.75. The molecule has 0 radical (unpaired) electrons. The van der Waals surface area contributed by atoms with Crippen molar-refractivity contribution in [3.05, 3.63) is 23.3 Å². The van der Waals surface area contributed by atoms with Crippen LogP contribution in [0.2, 0.25) is 0 Å². The van der Waals surface area contributed by atoms with Crippen molar-refractivity contribution in [2.45, 2.75) is 78.6 Å². The van der Waals surface area contributed by atoms with Crippen LogP contribution in [-0.2, 0) is 0 Å². The lowest BCUT2D eigenvalue weighted by Crippen LogP contribution is -2.07. The minimum absolute atomic E-state index is 0.681. The maximum atomic E-state index is 9.29. The number of nitriles is 1. The molecule has 112 valence electrons. The molecule has 1 atom stereocenters. The molecule has 0 spiro atoms. The Hall–Kier alpha value is -1.03. The summed E-state index contributed by atoms with van der Waals surface area (Å²) in [4.78, 5) is 0. The summed E-state index contributed by atoms with van der Waals surface area (Å²) in [6, 6.07) is 2.43. The van der Waals surface area contributed by atoms with E-state index in [1.54, 1.807) is 0 Å². The van der Waals surface area contributed by atoms with Crippen LogP contribution < -0.4 is 0 Å². The summed E-state index contributed by atoms with van der Waals surface area (Å²) in [5.41, 5.74) is 2.44. The molecule has 0 aliphatic heterocycles. The molecule has 20 heavy (non-hydrogen) atoms. The summed E-state index contributed by atoms with van der Waals surface area (Å²) in [6.07, 6.45) is 15.8. The first-order valence-corrected chi connectivity index (χ1v) is 8.34. The first-order chi connectivity index (χ1) is 9.61. The van der Waals surface area contributed by atoms with Gasteiger partial charge in [0.1, 0.15) is 0 Å². The van der Waals surface area contributed by atoms with Gasteiger partial charge in [-0.25, -0.2) is 0 Å². The molecule has 0 aromatic rings. The number of rotatable bonds is 7. The van der Waals surface area contributed by atoms with Crippen LogP contribution in [-0.4, -0.2) is 0 Å². The zero-order valence-electron chi connectivity index (χ0n) is 13.6. The van der Waals surface area contributed by atoms with Crippen molar-refractivity contribution in [3.63, 3.8) is 0 Å². The fraction of sp³-hybridized carbons (Fsp3) is 0.737. The molecule has 1 nitrogen and oxygen atoms in total. The average molecular weight is 273 g/mol. The van der Waals surface area contributed by atoms with Crippen LogP contribution in [0.4, 0.5) is 0 Å². The lowest BCUT2D eigenvalue weighted by molar-refractivity contribution is 0.357. The van der Waals surface area contributed by atoms with Gasteiger partial charge < -0.3 is 0 Å². The molecule has 1 aliphatic carbocycles. The van der Waals surface area contributed by atoms with E-state index in [9.17, 15) is 5.26 Å². The molecule has 1 saturated carbocycles. The van der Waals surface area contributed by atoms with E-state index < -0.39 is 0 Å². The predicted molar refractivity (Wildman–Crippen MR) is 87.3 cm³/mol. The van der Waals surface area contributed by atoms with Gasteiger partial charge in [0.15, 0.2) is 0 Å². The van der Waals surface area contributed by atoms with E-state index in [1.807, 2.05) is 0 Å². The SMILES string of the molecule is CC(C)=CCCC(C)C/C=C(\C#N)CC1CCCCC1. The number of hydrogen-bond acceptors (Lipinski definition) is 1. The maximum Gasteiger partial charge on any atom is 0.0943 e. The average Bonchev–Trinajstić information content (AvgIpc) is 2.44. The molecular weight excluding hydrogens is 242 g/mol. The summed E-state index contributed by atoms with van der Waals surface area (Å²) in [5, 5.41) is 9.29. The van der Waals surface area contributed by atoms with Gasteiger partial charge in [0.2, 0.25) is 0 Å². The molecular formula is C19H31N. The van der Waals surface area contributed by atoms with Gasteiger partial charge in [-0.15, -0.1) is 0 Å². The maximum absolute atomic E-state index is 9.29. The molecule has 1 rings (SSSR count). The highest BCUT2D eigenvalue weighted by atomic mass is 14.3. The second kappa shape index (κ2) is 9.81. The van der Waals surface area contributed by atoms with Gasteiger partial charge in [-0.05, 0) is 51.4 Å². The fourth-order valence-corrected chi connectivity index (χ4v) is 2.99. The van der Waals surface area contributed by atoms with Crippen LogP contribution >= 0.6 is 0 Å². The Kier molecular flexibility index (Phi) is 8.35. The van der Waals surface area contributed by atoms with Crippen molar-refractivity contribution < 1.29 is 0 Å². The monoisotopic (exact) mass is 273 g/mol. The van der Waals surface area contributed by atoms with Crippen molar-refractivity contribution in [2.24, 2.45) is 11.8 Å². The highest BCUT2D eigenvalue weighted by Crippen LogP contribution is 2.29. The lowest BCUT2D eigenvalue weighted by atomic mass is 9.84. The van der Waals surface area contributed by atoms with E-state index in [0.29, 0.717) is 5.92 Å². The third-order valence-corrected chi connectivity index (χ3v) is 4.36. The van der Waals surface area contributed by atoms with Gasteiger partial charge in [-0.2, -0.15) is 5.26 Å². The second-order valence-corrected chi connectivity index (χ2v) is 6.75. The molecule has 0 bridgehead atoms. The number of nitrogens with zero attached hydrogens (tertiary/aromatic N) is 1. The van der Waals surface area contributed by atoms with Crippen LogP contribution in [0.25, 0.3) is 0 Å². The molecule has 0 heterocycles. The molecule has 0 N–H and O–H groups in total. The summed E-state index contributed by atoms with van der Waals surface area (Å²) in [7, 11) is 0. The van der Waals surface area contributed by atoms with Crippen LogP contribution in [0.3, 0.4) is 0 Å². The van der Waals surface area contributed by atoms with Gasteiger partial charge in [0.25, 0.3) is 0 Å². The van der Waals surface area contributed by atoms with Crippen LogP contribution in [0.1, 0.15) is 78.6 Å². The van der Waals surface area contributed by atoms with Crippen molar-refractivity contribution in [1.29, 1.82) is 5.26 Å². The van der Waals surface area contributed by atoms with Gasteiger partial charge in [-0.3, -0.25) is 0 Å². The van der Waals surface area contributed by atoms with Gasteiger partial charge in [0.05, 0.1) is 6.07 Å². The lowest BCUT2D eigenvalue weighted by Gasteiger charge is -2.21. The van der Waals surface area contributed by atoms with Crippen molar-refractivity contribution in [1.82, 2.24) is 0 Å². The highest BCUT2D eigenvalue weighted by Gasteiger charge is 2.15. The summed E-state index contributed by atoms with van der Waals surface area (Å²) in [6.45, 7) is 6.61. The predicted octanol–water partition coefficient (Wildman–Crippen LogP) is 6.18. The van der Waals surface area contributed by atoms with E-state index in [-0.39, 0.29) is 0 Å². The molecule has 0 aromatic carbocycles. The first kappa shape index (κ1) is 17.0. The standard InChI is InChI=1S/C19H31N/c1-16(2)8-7-9-17(3)12-13-19(15-20)14-18-10-5-4-6-11-18/h8,13,17-18H,4-7,9-12,14H2,1-3H3/b19-13-. The van der Waals surface area contributed by atoms with E-state index in [0.717, 1.165) is 24.3 Å². The fourth-order valence-electron chi connectivity index (χ4n) is 2.99. The van der Waals surface area contributed by atoms with E-state index in [1.165, 1.54) is 50.5 Å². The summed E-state index contributed by atoms with van der Waals surface area (Å²) < 4.78 is 0. The first-order valence-electron chi connectivity index (χ1n) is 8.34.